The number of carbonyl (C=O) groups excluding carboxylic acids is 1. The van der Waals surface area contributed by atoms with Crippen LogP contribution in [0.2, 0.25) is 5.02 Å². The van der Waals surface area contributed by atoms with Crippen LogP contribution in [-0.2, 0) is 16.1 Å². The van der Waals surface area contributed by atoms with Gasteiger partial charge in [0, 0.05) is 0 Å². The van der Waals surface area contributed by atoms with Crippen molar-refractivity contribution in [2.24, 2.45) is 0 Å². The van der Waals surface area contributed by atoms with Gasteiger partial charge in [-0.1, -0.05) is 17.7 Å². The van der Waals surface area contributed by atoms with Crippen molar-refractivity contribution in [3.63, 3.8) is 0 Å². The van der Waals surface area contributed by atoms with Gasteiger partial charge in [0.25, 0.3) is 0 Å². The number of tetrazole rings is 1. The number of aromatic nitrogens is 4. The van der Waals surface area contributed by atoms with Gasteiger partial charge in [-0.25, -0.2) is 9.48 Å². The Balaban J connectivity index is 2.14. The summed E-state index contributed by atoms with van der Waals surface area (Å²) < 4.78 is 6.18. The molecule has 0 saturated carbocycles. The third-order valence-corrected chi connectivity index (χ3v) is 3.05. The normalized spacial score (nSPS) is 11.7. The van der Waals surface area contributed by atoms with Crippen molar-refractivity contribution in [3.8, 4) is 5.75 Å². The Hall–Kier alpha value is -2.68. The predicted molar refractivity (Wildman–Crippen MR) is 74.3 cm³/mol. The minimum atomic E-state index is -1.24. The Kier molecular flexibility index (Phi) is 4.89. The fourth-order valence-corrected chi connectivity index (χ4v) is 2.02. The Labute approximate surface area is 129 Å². The van der Waals surface area contributed by atoms with Crippen LogP contribution in [0.4, 0.5) is 0 Å². The third-order valence-electron chi connectivity index (χ3n) is 2.76. The lowest BCUT2D eigenvalue weighted by molar-refractivity contribution is -0.142. The molecule has 0 radical (unpaired) electrons. The number of hydrogen-bond donors (Lipinski definition) is 2. The topological polar surface area (TPSA) is 119 Å². The highest BCUT2D eigenvalue weighted by Gasteiger charge is 2.23. The van der Waals surface area contributed by atoms with E-state index in [-0.39, 0.29) is 11.6 Å². The lowest BCUT2D eigenvalue weighted by Crippen LogP contribution is -2.36. The Bertz CT molecular complexity index is 676. The van der Waals surface area contributed by atoms with E-state index in [2.05, 4.69) is 20.8 Å². The van der Waals surface area contributed by atoms with E-state index in [9.17, 15) is 14.7 Å². The summed E-state index contributed by atoms with van der Waals surface area (Å²) in [7, 11) is 1.45. The van der Waals surface area contributed by atoms with Crippen molar-refractivity contribution >= 4 is 23.5 Å². The highest BCUT2D eigenvalue weighted by molar-refractivity contribution is 6.32. The van der Waals surface area contributed by atoms with Crippen molar-refractivity contribution in [3.05, 3.63) is 35.1 Å². The van der Waals surface area contributed by atoms with Crippen LogP contribution in [-0.4, -0.2) is 44.3 Å². The molecule has 1 aromatic carbocycles. The van der Waals surface area contributed by atoms with Gasteiger partial charge in [-0.15, -0.1) is 5.10 Å². The molecule has 10 heteroatoms. The van der Waals surface area contributed by atoms with E-state index in [1.54, 1.807) is 0 Å². The fourth-order valence-electron chi connectivity index (χ4n) is 1.76. The summed E-state index contributed by atoms with van der Waals surface area (Å²) in [5.74, 6) is -1.35. The Morgan fingerprint density at radius 2 is 2.27 bits per heavy atom. The van der Waals surface area contributed by atoms with E-state index < -0.39 is 17.9 Å². The summed E-state index contributed by atoms with van der Waals surface area (Å²) in [6.45, 7) is -0.194. The highest BCUT2D eigenvalue weighted by atomic mass is 35.5. The molecule has 1 unspecified atom stereocenters. The number of nitrogens with one attached hydrogen (secondary N) is 1. The smallest absolute Gasteiger partial charge is 0.330 e. The first-order valence-corrected chi connectivity index (χ1v) is 6.45. The molecule has 0 spiro atoms. The third kappa shape index (κ3) is 3.70. The van der Waals surface area contributed by atoms with Gasteiger partial charge in [-0.05, 0) is 28.1 Å². The van der Waals surface area contributed by atoms with E-state index in [0.29, 0.717) is 11.3 Å². The first-order chi connectivity index (χ1) is 10.5. The van der Waals surface area contributed by atoms with E-state index in [0.717, 1.165) is 0 Å². The molecule has 2 aromatic rings. The van der Waals surface area contributed by atoms with Crippen LogP contribution in [0.1, 0.15) is 11.6 Å². The van der Waals surface area contributed by atoms with Crippen LogP contribution in [0, 0.1) is 0 Å². The molecule has 0 bridgehead atoms. The largest absolute Gasteiger partial charge is 0.495 e. The number of rotatable bonds is 6. The summed E-state index contributed by atoms with van der Waals surface area (Å²) in [5, 5.41) is 22.2. The average molecular weight is 326 g/mol. The van der Waals surface area contributed by atoms with Crippen LogP contribution < -0.4 is 10.1 Å². The lowest BCUT2D eigenvalue weighted by Gasteiger charge is -2.16. The maximum atomic E-state index is 11.9. The molecule has 1 aromatic heterocycles. The number of halogens is 1. The van der Waals surface area contributed by atoms with Crippen molar-refractivity contribution in [1.82, 2.24) is 25.5 Å². The molecule has 22 heavy (non-hydrogen) atoms. The second kappa shape index (κ2) is 6.85. The maximum absolute atomic E-state index is 11.9. The van der Waals surface area contributed by atoms with Gasteiger partial charge in [0.05, 0.1) is 12.1 Å². The van der Waals surface area contributed by atoms with Crippen molar-refractivity contribution in [1.29, 1.82) is 0 Å². The van der Waals surface area contributed by atoms with E-state index in [4.69, 9.17) is 16.3 Å². The standard InChI is InChI=1S/C12H12ClN5O4/c1-22-9-3-2-7(4-8(9)13)11(12(20)21)15-10(19)5-18-6-14-16-17-18/h2-4,6,11H,5H2,1H3,(H,15,19)(H,20,21). The Morgan fingerprint density at radius 1 is 1.50 bits per heavy atom. The number of hydrogen-bond acceptors (Lipinski definition) is 6. The fraction of sp³-hybridized carbons (Fsp3) is 0.250. The number of carboxylic acids is 1. The van der Waals surface area contributed by atoms with Crippen molar-refractivity contribution < 1.29 is 19.4 Å². The second-order valence-corrected chi connectivity index (χ2v) is 4.65. The number of carbonyl (C=O) groups is 2. The van der Waals surface area contributed by atoms with E-state index in [1.165, 1.54) is 36.3 Å². The molecule has 1 atom stereocenters. The SMILES string of the molecule is COc1ccc(C(NC(=O)Cn2cnnn2)C(=O)O)cc1Cl. The summed E-state index contributed by atoms with van der Waals surface area (Å²) >= 11 is 5.97. The van der Waals surface area contributed by atoms with Gasteiger partial charge in [-0.2, -0.15) is 0 Å². The van der Waals surface area contributed by atoms with Gasteiger partial charge in [0.15, 0.2) is 6.04 Å². The van der Waals surface area contributed by atoms with Crippen LogP contribution in [0.25, 0.3) is 0 Å². The molecule has 0 aliphatic rings. The van der Waals surface area contributed by atoms with Crippen LogP contribution in [0.3, 0.4) is 0 Å². The zero-order chi connectivity index (χ0) is 16.1. The van der Waals surface area contributed by atoms with E-state index in [1.807, 2.05) is 0 Å². The van der Waals surface area contributed by atoms with Gasteiger partial charge in [0.2, 0.25) is 5.91 Å². The molecule has 2 N–H and O–H groups in total. The molecule has 1 amide bonds. The first kappa shape index (κ1) is 15.7. The van der Waals surface area contributed by atoms with E-state index >= 15 is 0 Å². The Morgan fingerprint density at radius 3 is 2.82 bits per heavy atom. The van der Waals surface area contributed by atoms with Crippen molar-refractivity contribution in [2.75, 3.05) is 7.11 Å². The predicted octanol–water partition coefficient (Wildman–Crippen LogP) is 0.277. The first-order valence-electron chi connectivity index (χ1n) is 6.07. The van der Waals surface area contributed by atoms with Gasteiger partial charge in [-0.3, -0.25) is 4.79 Å². The van der Waals surface area contributed by atoms with Crippen LogP contribution in [0.15, 0.2) is 24.5 Å². The number of aliphatic carboxylic acids is 1. The van der Waals surface area contributed by atoms with Gasteiger partial charge < -0.3 is 15.2 Å². The molecule has 2 rings (SSSR count). The molecule has 116 valence electrons. The molecular weight excluding hydrogens is 314 g/mol. The number of carboxylic acid groups (broad SMARTS) is 1. The van der Waals surface area contributed by atoms with Crippen LogP contribution >= 0.6 is 11.6 Å². The minimum absolute atomic E-state index is 0.194. The second-order valence-electron chi connectivity index (χ2n) is 4.24. The molecule has 0 saturated heterocycles. The van der Waals surface area contributed by atoms with Crippen LogP contribution in [0.5, 0.6) is 5.75 Å². The number of benzene rings is 1. The monoisotopic (exact) mass is 325 g/mol. The quantitative estimate of drug-likeness (QED) is 0.782. The van der Waals surface area contributed by atoms with Gasteiger partial charge >= 0.3 is 5.97 Å². The number of amides is 1. The minimum Gasteiger partial charge on any atom is -0.495 e. The number of nitrogens with zero attached hydrogens (tertiary/aromatic N) is 4. The zero-order valence-electron chi connectivity index (χ0n) is 11.4. The molecule has 0 aliphatic carbocycles. The molecule has 0 aliphatic heterocycles. The summed E-state index contributed by atoms with van der Waals surface area (Å²) in [4.78, 5) is 23.2. The molecular formula is C12H12ClN5O4. The average Bonchev–Trinajstić information content (AvgIpc) is 2.97. The number of ether oxygens (including phenoxy) is 1. The maximum Gasteiger partial charge on any atom is 0.330 e. The van der Waals surface area contributed by atoms with Gasteiger partial charge in [0.1, 0.15) is 18.6 Å². The highest BCUT2D eigenvalue weighted by Crippen LogP contribution is 2.27. The summed E-state index contributed by atoms with van der Waals surface area (Å²) in [6.07, 6.45) is 1.25. The number of methoxy groups -OCH3 is 1. The zero-order valence-corrected chi connectivity index (χ0v) is 12.2. The molecule has 1 heterocycles. The summed E-state index contributed by atoms with van der Waals surface area (Å²) in [6, 6.07) is 3.23. The summed E-state index contributed by atoms with van der Waals surface area (Å²) in [5.41, 5.74) is 0.323. The molecule has 0 fully saturated rings. The molecule has 9 nitrogen and oxygen atoms in total. The lowest BCUT2D eigenvalue weighted by atomic mass is 10.1. The van der Waals surface area contributed by atoms with Crippen molar-refractivity contribution in [2.45, 2.75) is 12.6 Å².